The van der Waals surface area contributed by atoms with E-state index in [-0.39, 0.29) is 18.4 Å². The molecule has 160 valence electrons. The molecule has 31 heavy (non-hydrogen) atoms. The first-order valence-corrected chi connectivity index (χ1v) is 10.0. The smallest absolute Gasteiger partial charge is 0.255 e. The van der Waals surface area contributed by atoms with Crippen molar-refractivity contribution >= 4 is 28.9 Å². The Morgan fingerprint density at radius 1 is 0.806 bits per heavy atom. The van der Waals surface area contributed by atoms with Crippen LogP contribution < -0.4 is 20.7 Å². The molecular formula is C25H27N3O3. The van der Waals surface area contributed by atoms with Crippen molar-refractivity contribution in [2.45, 2.75) is 20.8 Å². The molecule has 2 amide bonds. The maximum absolute atomic E-state index is 12.4. The summed E-state index contributed by atoms with van der Waals surface area (Å²) in [6, 6.07) is 18.2. The molecule has 0 aliphatic carbocycles. The van der Waals surface area contributed by atoms with Crippen molar-refractivity contribution in [3.63, 3.8) is 0 Å². The highest BCUT2D eigenvalue weighted by Crippen LogP contribution is 2.22. The molecule has 0 unspecified atom stereocenters. The molecule has 0 aliphatic heterocycles. The number of rotatable bonds is 7. The maximum atomic E-state index is 12.4. The van der Waals surface area contributed by atoms with Gasteiger partial charge in [0.05, 0.1) is 13.7 Å². The van der Waals surface area contributed by atoms with Gasteiger partial charge in [0.1, 0.15) is 5.75 Å². The van der Waals surface area contributed by atoms with Crippen LogP contribution in [0.1, 0.15) is 27.0 Å². The number of aryl methyl sites for hydroxylation is 3. The third kappa shape index (κ3) is 5.85. The summed E-state index contributed by atoms with van der Waals surface area (Å²) < 4.78 is 5.11. The molecule has 0 aliphatic rings. The van der Waals surface area contributed by atoms with Crippen molar-refractivity contribution in [3.05, 3.63) is 82.9 Å². The van der Waals surface area contributed by atoms with Crippen LogP contribution in [0.25, 0.3) is 0 Å². The van der Waals surface area contributed by atoms with Crippen molar-refractivity contribution in [2.75, 3.05) is 29.6 Å². The van der Waals surface area contributed by atoms with Crippen LogP contribution in [0.4, 0.5) is 17.1 Å². The largest absolute Gasteiger partial charge is 0.497 e. The maximum Gasteiger partial charge on any atom is 0.255 e. The number of anilines is 3. The molecule has 0 aromatic heterocycles. The van der Waals surface area contributed by atoms with Gasteiger partial charge in [-0.1, -0.05) is 17.7 Å². The average Bonchev–Trinajstić information content (AvgIpc) is 2.75. The van der Waals surface area contributed by atoms with E-state index in [1.165, 1.54) is 5.56 Å². The topological polar surface area (TPSA) is 79.5 Å². The zero-order valence-corrected chi connectivity index (χ0v) is 18.2. The minimum absolute atomic E-state index is 0.128. The molecule has 0 heterocycles. The van der Waals surface area contributed by atoms with Crippen LogP contribution in [0.2, 0.25) is 0 Å². The fraction of sp³-hybridized carbons (Fsp3) is 0.200. The molecular weight excluding hydrogens is 390 g/mol. The summed E-state index contributed by atoms with van der Waals surface area (Å²) in [5.41, 5.74) is 6.07. The van der Waals surface area contributed by atoms with Gasteiger partial charge in [0.25, 0.3) is 5.91 Å². The number of nitrogens with one attached hydrogen (secondary N) is 3. The van der Waals surface area contributed by atoms with E-state index in [2.05, 4.69) is 16.0 Å². The number of ether oxygens (including phenoxy) is 1. The Bertz CT molecular complexity index is 1050. The van der Waals surface area contributed by atoms with Gasteiger partial charge in [0.2, 0.25) is 5.91 Å². The summed E-state index contributed by atoms with van der Waals surface area (Å²) in [6.45, 7) is 6.13. The van der Waals surface area contributed by atoms with Crippen LogP contribution in [-0.2, 0) is 4.79 Å². The van der Waals surface area contributed by atoms with Gasteiger partial charge in [-0.15, -0.1) is 0 Å². The predicted octanol–water partition coefficient (Wildman–Crippen LogP) is 4.92. The number of hydrogen-bond donors (Lipinski definition) is 3. The first-order valence-electron chi connectivity index (χ1n) is 10.0. The Labute approximate surface area is 182 Å². The van der Waals surface area contributed by atoms with Gasteiger partial charge in [-0.3, -0.25) is 9.59 Å². The minimum atomic E-state index is -0.209. The van der Waals surface area contributed by atoms with Crippen LogP contribution in [0.3, 0.4) is 0 Å². The van der Waals surface area contributed by atoms with E-state index in [0.717, 1.165) is 28.3 Å². The van der Waals surface area contributed by atoms with Crippen molar-refractivity contribution in [2.24, 2.45) is 0 Å². The highest BCUT2D eigenvalue weighted by molar-refractivity contribution is 6.04. The van der Waals surface area contributed by atoms with Gasteiger partial charge in [-0.2, -0.15) is 0 Å². The fourth-order valence-corrected chi connectivity index (χ4v) is 3.36. The van der Waals surface area contributed by atoms with E-state index in [0.29, 0.717) is 11.3 Å². The number of carbonyl (C=O) groups excluding carboxylic acids is 2. The lowest BCUT2D eigenvalue weighted by Gasteiger charge is -2.13. The normalized spacial score (nSPS) is 10.3. The molecule has 3 aromatic carbocycles. The molecule has 0 saturated carbocycles. The number of benzene rings is 3. The second-order valence-corrected chi connectivity index (χ2v) is 7.44. The molecule has 0 atom stereocenters. The van der Waals surface area contributed by atoms with Crippen LogP contribution in [-0.4, -0.2) is 25.5 Å². The monoisotopic (exact) mass is 417 g/mol. The molecule has 6 nitrogen and oxygen atoms in total. The predicted molar refractivity (Wildman–Crippen MR) is 125 cm³/mol. The molecule has 0 fully saturated rings. The standard InChI is InChI=1S/C25H27N3O3/c1-16-13-17(2)24(18(3)14-16)28-23(29)15-26-20-7-5-19(6-8-20)25(30)27-21-9-11-22(31-4)12-10-21/h5-14,26H,15H2,1-4H3,(H,27,30)(H,28,29). The van der Waals surface area contributed by atoms with E-state index < -0.39 is 0 Å². The number of amides is 2. The molecule has 3 N–H and O–H groups in total. The third-order valence-electron chi connectivity index (χ3n) is 4.89. The van der Waals surface area contributed by atoms with Crippen LogP contribution in [0, 0.1) is 20.8 Å². The minimum Gasteiger partial charge on any atom is -0.497 e. The van der Waals surface area contributed by atoms with E-state index in [1.54, 1.807) is 55.6 Å². The summed E-state index contributed by atoms with van der Waals surface area (Å²) in [7, 11) is 1.59. The zero-order valence-electron chi connectivity index (χ0n) is 18.2. The Kier molecular flexibility index (Phi) is 6.92. The molecule has 3 rings (SSSR count). The number of hydrogen-bond acceptors (Lipinski definition) is 4. The molecule has 6 heteroatoms. The first-order chi connectivity index (χ1) is 14.9. The summed E-state index contributed by atoms with van der Waals surface area (Å²) in [5.74, 6) is 0.390. The van der Waals surface area contributed by atoms with E-state index in [9.17, 15) is 9.59 Å². The number of carbonyl (C=O) groups is 2. The lowest BCUT2D eigenvalue weighted by atomic mass is 10.1. The van der Waals surface area contributed by atoms with Gasteiger partial charge < -0.3 is 20.7 Å². The summed E-state index contributed by atoms with van der Waals surface area (Å²) in [6.07, 6.45) is 0. The molecule has 3 aromatic rings. The lowest BCUT2D eigenvalue weighted by molar-refractivity contribution is -0.114. The molecule has 0 bridgehead atoms. The zero-order chi connectivity index (χ0) is 22.4. The van der Waals surface area contributed by atoms with Crippen LogP contribution in [0.15, 0.2) is 60.7 Å². The Morgan fingerprint density at radius 3 is 1.97 bits per heavy atom. The van der Waals surface area contributed by atoms with Gasteiger partial charge in [0.15, 0.2) is 0 Å². The van der Waals surface area contributed by atoms with Crippen molar-refractivity contribution in [3.8, 4) is 5.75 Å². The molecule has 0 radical (unpaired) electrons. The van der Waals surface area contributed by atoms with E-state index in [4.69, 9.17) is 4.74 Å². The number of methoxy groups -OCH3 is 1. The fourth-order valence-electron chi connectivity index (χ4n) is 3.36. The van der Waals surface area contributed by atoms with Gasteiger partial charge in [-0.05, 0) is 80.4 Å². The highest BCUT2D eigenvalue weighted by atomic mass is 16.5. The quantitative estimate of drug-likeness (QED) is 0.510. The van der Waals surface area contributed by atoms with Gasteiger partial charge >= 0.3 is 0 Å². The van der Waals surface area contributed by atoms with Gasteiger partial charge in [-0.25, -0.2) is 0 Å². The second kappa shape index (κ2) is 9.80. The van der Waals surface area contributed by atoms with Crippen molar-refractivity contribution in [1.29, 1.82) is 0 Å². The Balaban J connectivity index is 1.54. The van der Waals surface area contributed by atoms with E-state index in [1.807, 2.05) is 32.9 Å². The highest BCUT2D eigenvalue weighted by Gasteiger charge is 2.09. The summed E-state index contributed by atoms with van der Waals surface area (Å²) in [5, 5.41) is 8.89. The molecule has 0 spiro atoms. The van der Waals surface area contributed by atoms with Crippen LogP contribution in [0.5, 0.6) is 5.75 Å². The third-order valence-corrected chi connectivity index (χ3v) is 4.89. The summed E-state index contributed by atoms with van der Waals surface area (Å²) >= 11 is 0. The first kappa shape index (κ1) is 21.9. The SMILES string of the molecule is COc1ccc(NC(=O)c2ccc(NCC(=O)Nc3c(C)cc(C)cc3C)cc2)cc1. The van der Waals surface area contributed by atoms with Crippen LogP contribution >= 0.6 is 0 Å². The second-order valence-electron chi connectivity index (χ2n) is 7.44. The van der Waals surface area contributed by atoms with Crippen molar-refractivity contribution < 1.29 is 14.3 Å². The van der Waals surface area contributed by atoms with Crippen molar-refractivity contribution in [1.82, 2.24) is 0 Å². The Hall–Kier alpha value is -3.80. The van der Waals surface area contributed by atoms with E-state index >= 15 is 0 Å². The average molecular weight is 418 g/mol. The molecule has 0 saturated heterocycles. The Morgan fingerprint density at radius 2 is 1.39 bits per heavy atom. The van der Waals surface area contributed by atoms with Gasteiger partial charge in [0, 0.05) is 22.6 Å². The summed E-state index contributed by atoms with van der Waals surface area (Å²) in [4.78, 5) is 24.8. The lowest BCUT2D eigenvalue weighted by Crippen LogP contribution is -2.22.